The number of nitrogens with one attached hydrogen (secondary N) is 2. The maximum absolute atomic E-state index is 12.6. The number of aliphatic hydroxyl groups excluding tert-OH is 1. The predicted molar refractivity (Wildman–Crippen MR) is 102 cm³/mol. The minimum atomic E-state index is -0.736. The second-order valence-corrected chi connectivity index (χ2v) is 6.58. The van der Waals surface area contributed by atoms with Crippen LogP contribution in [0.4, 0.5) is 10.5 Å². The van der Waals surface area contributed by atoms with E-state index < -0.39 is 12.1 Å². The highest BCUT2D eigenvalue weighted by molar-refractivity contribution is 5.94. The molecule has 2 aromatic rings. The number of para-hydroxylation sites is 1. The van der Waals surface area contributed by atoms with Crippen molar-refractivity contribution in [2.45, 2.75) is 25.0 Å². The van der Waals surface area contributed by atoms with Crippen LogP contribution in [0, 0.1) is 0 Å². The molecule has 142 valence electrons. The third kappa shape index (κ3) is 4.98. The number of aromatic hydroxyl groups is 1. The van der Waals surface area contributed by atoms with Gasteiger partial charge in [0.2, 0.25) is 0 Å². The third-order valence-electron chi connectivity index (χ3n) is 4.57. The van der Waals surface area contributed by atoms with Crippen molar-refractivity contribution in [3.8, 4) is 5.75 Å². The SMILES string of the molecule is O=C(N[C@@H]1CN(C(=O)Nc2ccccc2)CCC[C@H]1O)c1ccc(O)cc1. The smallest absolute Gasteiger partial charge is 0.321 e. The van der Waals surface area contributed by atoms with E-state index in [-0.39, 0.29) is 24.2 Å². The zero-order valence-corrected chi connectivity index (χ0v) is 14.8. The summed E-state index contributed by atoms with van der Waals surface area (Å²) in [6, 6.07) is 14.2. The van der Waals surface area contributed by atoms with E-state index in [4.69, 9.17) is 0 Å². The highest BCUT2D eigenvalue weighted by atomic mass is 16.3. The first-order valence-electron chi connectivity index (χ1n) is 8.92. The van der Waals surface area contributed by atoms with Gasteiger partial charge in [-0.15, -0.1) is 0 Å². The number of benzene rings is 2. The molecule has 27 heavy (non-hydrogen) atoms. The number of urea groups is 1. The lowest BCUT2D eigenvalue weighted by molar-refractivity contribution is 0.0811. The number of aliphatic hydroxyl groups is 1. The van der Waals surface area contributed by atoms with E-state index in [1.54, 1.807) is 17.0 Å². The van der Waals surface area contributed by atoms with Gasteiger partial charge in [-0.2, -0.15) is 0 Å². The number of nitrogens with zero attached hydrogens (tertiary/aromatic N) is 1. The molecule has 0 bridgehead atoms. The van der Waals surface area contributed by atoms with E-state index in [1.165, 1.54) is 24.3 Å². The Morgan fingerprint density at radius 3 is 2.44 bits per heavy atom. The highest BCUT2D eigenvalue weighted by Gasteiger charge is 2.29. The molecule has 0 aliphatic carbocycles. The van der Waals surface area contributed by atoms with Gasteiger partial charge in [0.15, 0.2) is 0 Å². The quantitative estimate of drug-likeness (QED) is 0.666. The highest BCUT2D eigenvalue weighted by Crippen LogP contribution is 2.15. The van der Waals surface area contributed by atoms with E-state index in [0.29, 0.717) is 30.6 Å². The monoisotopic (exact) mass is 369 g/mol. The summed E-state index contributed by atoms with van der Waals surface area (Å²) in [5, 5.41) is 25.3. The second kappa shape index (κ2) is 8.55. The maximum atomic E-state index is 12.6. The van der Waals surface area contributed by atoms with Crippen molar-refractivity contribution in [2.24, 2.45) is 0 Å². The molecule has 0 aromatic heterocycles. The first-order valence-corrected chi connectivity index (χ1v) is 8.92. The van der Waals surface area contributed by atoms with Crippen molar-refractivity contribution in [3.63, 3.8) is 0 Å². The average molecular weight is 369 g/mol. The van der Waals surface area contributed by atoms with Crippen LogP contribution in [0.15, 0.2) is 54.6 Å². The first kappa shape index (κ1) is 18.7. The molecule has 1 saturated heterocycles. The van der Waals surface area contributed by atoms with Crippen LogP contribution in [-0.4, -0.2) is 52.3 Å². The first-order chi connectivity index (χ1) is 13.0. The second-order valence-electron chi connectivity index (χ2n) is 6.58. The Hall–Kier alpha value is -3.06. The summed E-state index contributed by atoms with van der Waals surface area (Å²) >= 11 is 0. The van der Waals surface area contributed by atoms with E-state index in [0.717, 1.165) is 0 Å². The zero-order chi connectivity index (χ0) is 19.2. The number of rotatable bonds is 3. The number of carbonyl (C=O) groups is 2. The molecule has 1 aliphatic rings. The largest absolute Gasteiger partial charge is 0.508 e. The van der Waals surface area contributed by atoms with Crippen molar-refractivity contribution in [1.29, 1.82) is 0 Å². The van der Waals surface area contributed by atoms with Crippen molar-refractivity contribution in [3.05, 3.63) is 60.2 Å². The summed E-state index contributed by atoms with van der Waals surface area (Å²) in [7, 11) is 0. The summed E-state index contributed by atoms with van der Waals surface area (Å²) in [6.45, 7) is 0.713. The fourth-order valence-electron chi connectivity index (χ4n) is 3.06. The minimum absolute atomic E-state index is 0.0739. The summed E-state index contributed by atoms with van der Waals surface area (Å²) in [6.07, 6.45) is 0.408. The number of phenols is 1. The number of likely N-dealkylation sites (tertiary alicyclic amines) is 1. The van der Waals surface area contributed by atoms with Crippen LogP contribution in [0.2, 0.25) is 0 Å². The Kier molecular flexibility index (Phi) is 5.93. The average Bonchev–Trinajstić information content (AvgIpc) is 2.85. The maximum Gasteiger partial charge on any atom is 0.321 e. The fourth-order valence-corrected chi connectivity index (χ4v) is 3.06. The van der Waals surface area contributed by atoms with Gasteiger partial charge >= 0.3 is 6.03 Å². The molecule has 4 N–H and O–H groups in total. The number of carbonyl (C=O) groups excluding carboxylic acids is 2. The summed E-state index contributed by atoms with van der Waals surface area (Å²) in [5.41, 5.74) is 1.07. The Bertz CT molecular complexity index is 780. The summed E-state index contributed by atoms with van der Waals surface area (Å²) in [5.74, 6) is -0.283. The Labute approximate surface area is 157 Å². The van der Waals surface area contributed by atoms with E-state index in [9.17, 15) is 19.8 Å². The van der Waals surface area contributed by atoms with Crippen LogP contribution in [0.3, 0.4) is 0 Å². The van der Waals surface area contributed by atoms with Crippen molar-refractivity contribution in [2.75, 3.05) is 18.4 Å². The van der Waals surface area contributed by atoms with Gasteiger partial charge in [0.25, 0.3) is 5.91 Å². The molecule has 0 spiro atoms. The van der Waals surface area contributed by atoms with Crippen molar-refractivity contribution < 1.29 is 19.8 Å². The lowest BCUT2D eigenvalue weighted by Crippen LogP contribution is -2.50. The third-order valence-corrected chi connectivity index (χ3v) is 4.57. The number of hydrogen-bond acceptors (Lipinski definition) is 4. The molecule has 0 saturated carbocycles. The lowest BCUT2D eigenvalue weighted by Gasteiger charge is -2.27. The van der Waals surface area contributed by atoms with Crippen LogP contribution in [0.25, 0.3) is 0 Å². The van der Waals surface area contributed by atoms with E-state index in [1.807, 2.05) is 18.2 Å². The molecule has 7 heteroatoms. The van der Waals surface area contributed by atoms with E-state index in [2.05, 4.69) is 10.6 Å². The summed E-state index contributed by atoms with van der Waals surface area (Å²) < 4.78 is 0. The molecule has 3 rings (SSSR count). The molecule has 0 radical (unpaired) electrons. The lowest BCUT2D eigenvalue weighted by atomic mass is 10.1. The van der Waals surface area contributed by atoms with Crippen LogP contribution < -0.4 is 10.6 Å². The number of hydrogen-bond donors (Lipinski definition) is 4. The minimum Gasteiger partial charge on any atom is -0.508 e. The summed E-state index contributed by atoms with van der Waals surface area (Å²) in [4.78, 5) is 26.6. The van der Waals surface area contributed by atoms with Crippen LogP contribution >= 0.6 is 0 Å². The van der Waals surface area contributed by atoms with Gasteiger partial charge in [-0.1, -0.05) is 18.2 Å². The van der Waals surface area contributed by atoms with Crippen LogP contribution in [0.5, 0.6) is 5.75 Å². The predicted octanol–water partition coefficient (Wildman–Crippen LogP) is 2.18. The van der Waals surface area contributed by atoms with Gasteiger partial charge in [-0.25, -0.2) is 4.79 Å². The van der Waals surface area contributed by atoms with Crippen LogP contribution in [0.1, 0.15) is 23.2 Å². The van der Waals surface area contributed by atoms with Crippen molar-refractivity contribution >= 4 is 17.6 Å². The molecule has 2 atom stereocenters. The van der Waals surface area contributed by atoms with Crippen LogP contribution in [-0.2, 0) is 0 Å². The molecule has 1 heterocycles. The van der Waals surface area contributed by atoms with Gasteiger partial charge in [0, 0.05) is 24.3 Å². The molecular formula is C20H23N3O4. The van der Waals surface area contributed by atoms with Gasteiger partial charge in [-0.3, -0.25) is 4.79 Å². The Morgan fingerprint density at radius 1 is 1.04 bits per heavy atom. The number of amides is 3. The molecule has 0 unspecified atom stereocenters. The Morgan fingerprint density at radius 2 is 1.74 bits per heavy atom. The zero-order valence-electron chi connectivity index (χ0n) is 14.8. The van der Waals surface area contributed by atoms with Gasteiger partial charge < -0.3 is 25.7 Å². The molecular weight excluding hydrogens is 346 g/mol. The van der Waals surface area contributed by atoms with E-state index >= 15 is 0 Å². The normalized spacial score (nSPS) is 19.8. The molecule has 7 nitrogen and oxygen atoms in total. The Balaban J connectivity index is 1.66. The molecule has 3 amide bonds. The number of anilines is 1. The molecule has 1 fully saturated rings. The van der Waals surface area contributed by atoms with Crippen molar-refractivity contribution in [1.82, 2.24) is 10.2 Å². The van der Waals surface area contributed by atoms with Gasteiger partial charge in [-0.05, 0) is 49.2 Å². The standard InChI is InChI=1S/C20H23N3O4/c24-16-10-8-14(9-11-16)19(26)22-17-13-23(12-4-7-18(17)25)20(27)21-15-5-2-1-3-6-15/h1-3,5-6,8-11,17-18,24-25H,4,7,12-13H2,(H,21,27)(H,22,26)/t17-,18-/m1/s1. The fraction of sp³-hybridized carbons (Fsp3) is 0.300. The van der Waals surface area contributed by atoms with Gasteiger partial charge in [0.05, 0.1) is 12.1 Å². The van der Waals surface area contributed by atoms with Gasteiger partial charge in [0.1, 0.15) is 5.75 Å². The number of phenolic OH excluding ortho intramolecular Hbond substituents is 1. The molecule has 2 aromatic carbocycles. The topological polar surface area (TPSA) is 102 Å². The molecule has 1 aliphatic heterocycles.